The first-order valence-corrected chi connectivity index (χ1v) is 7.55. The molecule has 0 spiro atoms. The fraction of sp³-hybridized carbons (Fsp3) is 0.333. The van der Waals surface area contributed by atoms with Gasteiger partial charge in [-0.15, -0.1) is 0 Å². The molecule has 1 atom stereocenters. The van der Waals surface area contributed by atoms with E-state index in [0.717, 1.165) is 23.6 Å². The van der Waals surface area contributed by atoms with Crippen LogP contribution in [0.2, 0.25) is 5.02 Å². The van der Waals surface area contributed by atoms with Crippen LogP contribution in [0.15, 0.2) is 42.5 Å². The molecule has 0 saturated heterocycles. The molecule has 0 aliphatic heterocycles. The van der Waals surface area contributed by atoms with Crippen LogP contribution >= 0.6 is 11.6 Å². The molecule has 0 aromatic heterocycles. The van der Waals surface area contributed by atoms with Gasteiger partial charge in [-0.3, -0.25) is 0 Å². The quantitative estimate of drug-likeness (QED) is 0.870. The Labute approximate surface area is 132 Å². The molecule has 1 unspecified atom stereocenters. The highest BCUT2D eigenvalue weighted by atomic mass is 35.5. The largest absolute Gasteiger partial charge is 0.497 e. The van der Waals surface area contributed by atoms with Gasteiger partial charge in [-0.2, -0.15) is 0 Å². The zero-order valence-electron chi connectivity index (χ0n) is 12.8. The van der Waals surface area contributed by atoms with Crippen molar-refractivity contribution in [2.75, 3.05) is 14.2 Å². The average molecular weight is 304 g/mol. The Balaban J connectivity index is 2.05. The van der Waals surface area contributed by atoms with Crippen LogP contribution in [-0.2, 0) is 12.8 Å². The maximum Gasteiger partial charge on any atom is 0.118 e. The Hall–Kier alpha value is -1.51. The third kappa shape index (κ3) is 4.48. The molecule has 0 fully saturated rings. The van der Waals surface area contributed by atoms with Crippen molar-refractivity contribution in [1.82, 2.24) is 5.32 Å². The number of aryl methyl sites for hydroxylation is 1. The van der Waals surface area contributed by atoms with Gasteiger partial charge in [0.05, 0.1) is 7.11 Å². The highest BCUT2D eigenvalue weighted by Gasteiger charge is 2.11. The van der Waals surface area contributed by atoms with E-state index < -0.39 is 0 Å². The van der Waals surface area contributed by atoms with Crippen LogP contribution in [-0.4, -0.2) is 20.2 Å². The molecule has 2 aromatic carbocycles. The number of hydrogen-bond donors (Lipinski definition) is 1. The lowest BCUT2D eigenvalue weighted by molar-refractivity contribution is 0.414. The van der Waals surface area contributed by atoms with Crippen molar-refractivity contribution in [1.29, 1.82) is 0 Å². The van der Waals surface area contributed by atoms with Crippen molar-refractivity contribution in [3.05, 3.63) is 64.2 Å². The summed E-state index contributed by atoms with van der Waals surface area (Å²) in [6.07, 6.45) is 1.88. The normalized spacial score (nSPS) is 12.2. The molecule has 0 saturated carbocycles. The van der Waals surface area contributed by atoms with Gasteiger partial charge in [0, 0.05) is 11.1 Å². The van der Waals surface area contributed by atoms with E-state index in [9.17, 15) is 0 Å². The molecule has 0 amide bonds. The Morgan fingerprint density at radius 2 is 1.81 bits per heavy atom. The molecule has 0 aliphatic carbocycles. The van der Waals surface area contributed by atoms with Gasteiger partial charge in [0.2, 0.25) is 0 Å². The Bertz CT molecular complexity index is 580. The van der Waals surface area contributed by atoms with Crippen molar-refractivity contribution in [3.8, 4) is 5.75 Å². The summed E-state index contributed by atoms with van der Waals surface area (Å²) < 4.78 is 5.19. The van der Waals surface area contributed by atoms with Crippen LogP contribution < -0.4 is 10.1 Å². The summed E-state index contributed by atoms with van der Waals surface area (Å²) in [5, 5.41) is 4.23. The topological polar surface area (TPSA) is 21.3 Å². The van der Waals surface area contributed by atoms with E-state index in [0.29, 0.717) is 6.04 Å². The van der Waals surface area contributed by atoms with Gasteiger partial charge in [-0.25, -0.2) is 0 Å². The summed E-state index contributed by atoms with van der Waals surface area (Å²) in [5.41, 5.74) is 3.67. The summed E-state index contributed by atoms with van der Waals surface area (Å²) in [4.78, 5) is 0. The third-order valence-electron chi connectivity index (χ3n) is 3.72. The molecular weight excluding hydrogens is 282 g/mol. The van der Waals surface area contributed by atoms with Gasteiger partial charge in [0.1, 0.15) is 5.75 Å². The smallest absolute Gasteiger partial charge is 0.118 e. The minimum Gasteiger partial charge on any atom is -0.497 e. The second kappa shape index (κ2) is 7.48. The number of likely N-dealkylation sites (N-methyl/N-ethyl adjacent to an activating group) is 1. The molecule has 0 heterocycles. The van der Waals surface area contributed by atoms with E-state index in [1.165, 1.54) is 16.7 Å². The maximum atomic E-state index is 6.33. The molecule has 112 valence electrons. The SMILES string of the molecule is CNC(Cc1ccc(OC)cc1)Cc1ccc(C)cc1Cl. The predicted octanol–water partition coefficient (Wildman–Crippen LogP) is 4.03. The van der Waals surface area contributed by atoms with E-state index >= 15 is 0 Å². The van der Waals surface area contributed by atoms with Crippen molar-refractivity contribution in [2.45, 2.75) is 25.8 Å². The molecule has 21 heavy (non-hydrogen) atoms. The molecule has 0 bridgehead atoms. The van der Waals surface area contributed by atoms with Crippen molar-refractivity contribution < 1.29 is 4.74 Å². The second-order valence-corrected chi connectivity index (χ2v) is 5.74. The van der Waals surface area contributed by atoms with Gasteiger partial charge >= 0.3 is 0 Å². The minimum atomic E-state index is 0.360. The number of hydrogen-bond acceptors (Lipinski definition) is 2. The molecular formula is C18H22ClNO. The summed E-state index contributed by atoms with van der Waals surface area (Å²) in [7, 11) is 3.68. The monoisotopic (exact) mass is 303 g/mol. The van der Waals surface area contributed by atoms with Crippen LogP contribution in [0, 0.1) is 6.92 Å². The Kier molecular flexibility index (Phi) is 5.66. The molecule has 3 heteroatoms. The minimum absolute atomic E-state index is 0.360. The first-order valence-electron chi connectivity index (χ1n) is 7.17. The number of benzene rings is 2. The van der Waals surface area contributed by atoms with Crippen molar-refractivity contribution in [2.24, 2.45) is 0 Å². The molecule has 2 nitrogen and oxygen atoms in total. The van der Waals surface area contributed by atoms with Crippen LogP contribution in [0.5, 0.6) is 5.75 Å². The van der Waals surface area contributed by atoms with E-state index in [-0.39, 0.29) is 0 Å². The third-order valence-corrected chi connectivity index (χ3v) is 4.08. The van der Waals surface area contributed by atoms with Gasteiger partial charge in [-0.1, -0.05) is 35.9 Å². The summed E-state index contributed by atoms with van der Waals surface area (Å²) in [5.74, 6) is 0.890. The van der Waals surface area contributed by atoms with E-state index in [4.69, 9.17) is 16.3 Å². The van der Waals surface area contributed by atoms with E-state index in [2.05, 4.69) is 36.5 Å². The Morgan fingerprint density at radius 3 is 2.38 bits per heavy atom. The van der Waals surface area contributed by atoms with E-state index in [1.54, 1.807) is 7.11 Å². The standard InChI is InChI=1S/C18H22ClNO/c1-13-4-7-15(18(19)10-13)12-16(20-2)11-14-5-8-17(21-3)9-6-14/h4-10,16,20H,11-12H2,1-3H3. The molecule has 0 radical (unpaired) electrons. The van der Waals surface area contributed by atoms with Crippen molar-refractivity contribution >= 4 is 11.6 Å². The summed E-state index contributed by atoms with van der Waals surface area (Å²) >= 11 is 6.33. The number of halogens is 1. The number of methoxy groups -OCH3 is 1. The summed E-state index contributed by atoms with van der Waals surface area (Å²) in [6.45, 7) is 2.06. The lowest BCUT2D eigenvalue weighted by Crippen LogP contribution is -2.30. The molecule has 2 rings (SSSR count). The molecule has 2 aromatic rings. The zero-order chi connectivity index (χ0) is 15.2. The molecule has 0 aliphatic rings. The van der Waals surface area contributed by atoms with E-state index in [1.807, 2.05) is 25.2 Å². The second-order valence-electron chi connectivity index (χ2n) is 5.34. The summed E-state index contributed by atoms with van der Waals surface area (Å²) in [6, 6.07) is 14.8. The van der Waals surface area contributed by atoms with Gasteiger partial charge in [-0.05, 0) is 61.7 Å². The zero-order valence-corrected chi connectivity index (χ0v) is 13.6. The number of rotatable bonds is 6. The lowest BCUT2D eigenvalue weighted by Gasteiger charge is -2.17. The predicted molar refractivity (Wildman–Crippen MR) is 89.4 cm³/mol. The van der Waals surface area contributed by atoms with Gasteiger partial charge in [0.25, 0.3) is 0 Å². The highest BCUT2D eigenvalue weighted by Crippen LogP contribution is 2.20. The fourth-order valence-electron chi connectivity index (χ4n) is 2.41. The first-order chi connectivity index (χ1) is 10.1. The van der Waals surface area contributed by atoms with Crippen LogP contribution in [0.1, 0.15) is 16.7 Å². The van der Waals surface area contributed by atoms with Crippen molar-refractivity contribution in [3.63, 3.8) is 0 Å². The fourth-order valence-corrected chi connectivity index (χ4v) is 2.72. The average Bonchev–Trinajstić information content (AvgIpc) is 2.49. The Morgan fingerprint density at radius 1 is 1.10 bits per heavy atom. The van der Waals surface area contributed by atoms with Crippen LogP contribution in [0.4, 0.5) is 0 Å². The number of ether oxygens (including phenoxy) is 1. The van der Waals surface area contributed by atoms with Gasteiger partial charge in [0.15, 0.2) is 0 Å². The first kappa shape index (κ1) is 15.9. The van der Waals surface area contributed by atoms with Crippen LogP contribution in [0.25, 0.3) is 0 Å². The number of nitrogens with one attached hydrogen (secondary N) is 1. The van der Waals surface area contributed by atoms with Gasteiger partial charge < -0.3 is 10.1 Å². The lowest BCUT2D eigenvalue weighted by atomic mass is 9.98. The maximum absolute atomic E-state index is 6.33. The highest BCUT2D eigenvalue weighted by molar-refractivity contribution is 6.31. The van der Waals surface area contributed by atoms with Crippen LogP contribution in [0.3, 0.4) is 0 Å². The molecule has 1 N–H and O–H groups in total.